The number of nitrogens with one attached hydrogen (secondary N) is 1. The normalized spacial score (nSPS) is 11.6. The molecule has 3 aromatic heterocycles. The summed E-state index contributed by atoms with van der Waals surface area (Å²) in [6, 6.07) is 1.60. The summed E-state index contributed by atoms with van der Waals surface area (Å²) in [6.45, 7) is 0.233. The molecule has 0 spiro atoms. The summed E-state index contributed by atoms with van der Waals surface area (Å²) >= 11 is 3.67. The largest absolute Gasteiger partial charge is 0.472 e. The number of thiophene rings is 1. The molecule has 1 N–H and O–H groups in total. The van der Waals surface area contributed by atoms with Gasteiger partial charge in [0.25, 0.3) is 0 Å². The first-order valence-corrected chi connectivity index (χ1v) is 7.45. The molecule has 3 rings (SSSR count). The first-order chi connectivity index (χ1) is 10.1. The number of ether oxygens (including phenoxy) is 1. The van der Waals surface area contributed by atoms with Crippen LogP contribution in [0.3, 0.4) is 0 Å². The molecule has 0 atom stereocenters. The molecule has 0 saturated heterocycles. The second-order valence-corrected chi connectivity index (χ2v) is 6.52. The first kappa shape index (κ1) is 12.1. The summed E-state index contributed by atoms with van der Waals surface area (Å²) in [5.74, 6) is 0.351. The number of aromatic amines is 1. The number of aromatic nitrogens is 6. The van der Waals surface area contributed by atoms with E-state index in [1.165, 1.54) is 22.2 Å². The van der Waals surface area contributed by atoms with E-state index in [9.17, 15) is 4.79 Å². The molecule has 0 aromatic carbocycles. The average molecular weight is 406 g/mol. The van der Waals surface area contributed by atoms with E-state index in [2.05, 4.69) is 38.1 Å². The summed E-state index contributed by atoms with van der Waals surface area (Å²) in [5, 5.41) is 14.1. The van der Waals surface area contributed by atoms with E-state index in [-0.39, 0.29) is 12.3 Å². The Bertz CT molecular complexity index is 837. The topological polar surface area (TPSA) is 90.6 Å². The SMILES string of the molecule is [3H]n1ccc(OCc2c(-n3nnn(C)c3=O)csc2I)n1. The van der Waals surface area contributed by atoms with Crippen molar-refractivity contribution >= 4 is 33.9 Å². The lowest BCUT2D eigenvalue weighted by Crippen LogP contribution is -2.22. The van der Waals surface area contributed by atoms with Crippen molar-refractivity contribution in [2.45, 2.75) is 6.61 Å². The average Bonchev–Trinajstić information content (AvgIpc) is 3.11. The van der Waals surface area contributed by atoms with E-state index in [1.807, 2.05) is 5.38 Å². The van der Waals surface area contributed by atoms with E-state index in [0.717, 1.165) is 18.2 Å². The van der Waals surface area contributed by atoms with Gasteiger partial charge in [-0.05, 0) is 33.0 Å². The fourth-order valence-electron chi connectivity index (χ4n) is 1.57. The molecular formula is C10H9IN6O2S. The molecule has 10 heteroatoms. The zero-order valence-corrected chi connectivity index (χ0v) is 13.2. The van der Waals surface area contributed by atoms with Gasteiger partial charge < -0.3 is 4.74 Å². The van der Waals surface area contributed by atoms with Crippen LogP contribution in [0.15, 0.2) is 22.4 Å². The third-order valence-electron chi connectivity index (χ3n) is 2.57. The second kappa shape index (κ2) is 5.36. The van der Waals surface area contributed by atoms with Crippen LogP contribution in [0, 0.1) is 2.88 Å². The number of H-pyrrole nitrogens is 1. The Balaban J connectivity index is 1.90. The van der Waals surface area contributed by atoms with Crippen molar-refractivity contribution in [3.63, 3.8) is 0 Å². The van der Waals surface area contributed by atoms with Gasteiger partial charge in [-0.25, -0.2) is 4.79 Å². The van der Waals surface area contributed by atoms with Crippen LogP contribution in [0.25, 0.3) is 5.69 Å². The molecule has 0 aliphatic carbocycles. The van der Waals surface area contributed by atoms with Gasteiger partial charge in [-0.1, -0.05) is 0 Å². The standard InChI is InChI=1S/C10H9IN6O2S/c1-16-10(18)17(15-14-16)7-5-20-9(11)6(7)4-19-8-2-3-12-13-8/h2-3,5H,4H2,1H3,(H,12,13)/i/hT. The minimum atomic E-state index is -0.319. The maximum absolute atomic E-state index is 11.9. The van der Waals surface area contributed by atoms with Crippen molar-refractivity contribution in [1.82, 2.24) is 30.0 Å². The van der Waals surface area contributed by atoms with Crippen LogP contribution >= 0.6 is 33.9 Å². The Labute approximate surface area is 132 Å². The van der Waals surface area contributed by atoms with Gasteiger partial charge in [0.2, 0.25) is 5.88 Å². The van der Waals surface area contributed by atoms with Crippen molar-refractivity contribution in [3.05, 3.63) is 36.6 Å². The Kier molecular flexibility index (Phi) is 3.24. The number of hydrogen-bond donors (Lipinski definition) is 1. The molecule has 0 bridgehead atoms. The van der Waals surface area contributed by atoms with E-state index >= 15 is 0 Å². The number of hydrogen-bond acceptors (Lipinski definition) is 6. The van der Waals surface area contributed by atoms with Gasteiger partial charge in [0.05, 0.1) is 8.57 Å². The van der Waals surface area contributed by atoms with Gasteiger partial charge in [0.1, 0.15) is 6.61 Å². The molecule has 0 aliphatic heterocycles. The van der Waals surface area contributed by atoms with Crippen molar-refractivity contribution < 1.29 is 6.15 Å². The molecule has 8 nitrogen and oxygen atoms in total. The van der Waals surface area contributed by atoms with Crippen molar-refractivity contribution in [2.24, 2.45) is 7.05 Å². The highest BCUT2D eigenvalue weighted by Gasteiger charge is 2.16. The van der Waals surface area contributed by atoms with Gasteiger partial charge in [-0.2, -0.15) is 9.36 Å². The lowest BCUT2D eigenvalue weighted by molar-refractivity contribution is 0.292. The smallest absolute Gasteiger partial charge is 0.368 e. The van der Waals surface area contributed by atoms with E-state index in [1.54, 1.807) is 13.1 Å². The molecule has 0 unspecified atom stereocenters. The van der Waals surface area contributed by atoms with Crippen molar-refractivity contribution in [2.75, 3.05) is 0 Å². The second-order valence-electron chi connectivity index (χ2n) is 3.83. The third-order valence-corrected chi connectivity index (χ3v) is 4.78. The Morgan fingerprint density at radius 2 is 2.45 bits per heavy atom. The molecule has 0 amide bonds. The predicted molar refractivity (Wildman–Crippen MR) is 80.1 cm³/mol. The van der Waals surface area contributed by atoms with Crippen LogP contribution in [-0.2, 0) is 13.7 Å². The maximum Gasteiger partial charge on any atom is 0.368 e. The number of rotatable bonds is 4. The van der Waals surface area contributed by atoms with Crippen LogP contribution in [0.2, 0.25) is 1.41 Å². The predicted octanol–water partition coefficient (Wildman–Crippen LogP) is 0.934. The summed E-state index contributed by atoms with van der Waals surface area (Å²) in [6.07, 6.45) is 1.47. The summed E-state index contributed by atoms with van der Waals surface area (Å²) in [5.41, 5.74) is 1.16. The van der Waals surface area contributed by atoms with Crippen LogP contribution in [0.4, 0.5) is 0 Å². The zero-order valence-electron chi connectivity index (χ0n) is 11.2. The highest BCUT2D eigenvalue weighted by Crippen LogP contribution is 2.27. The minimum Gasteiger partial charge on any atom is -0.472 e. The van der Waals surface area contributed by atoms with Gasteiger partial charge in [-0.3, -0.25) is 5.09 Å². The van der Waals surface area contributed by atoms with Gasteiger partial charge in [0, 0.05) is 30.3 Å². The highest BCUT2D eigenvalue weighted by atomic mass is 127. The number of nitrogens with zero attached hydrogens (tertiary/aromatic N) is 5. The van der Waals surface area contributed by atoms with Crippen molar-refractivity contribution in [1.29, 1.82) is 0 Å². The van der Waals surface area contributed by atoms with Gasteiger partial charge in [0.15, 0.2) is 1.41 Å². The highest BCUT2D eigenvalue weighted by molar-refractivity contribution is 14.1. The van der Waals surface area contributed by atoms with Gasteiger partial charge >= 0.3 is 5.69 Å². The summed E-state index contributed by atoms with van der Waals surface area (Å²) in [4.78, 5) is 11.9. The minimum absolute atomic E-state index is 0.233. The number of aryl methyl sites for hydroxylation is 1. The molecule has 104 valence electrons. The first-order valence-electron chi connectivity index (χ1n) is 5.94. The molecule has 0 radical (unpaired) electrons. The Morgan fingerprint density at radius 1 is 1.60 bits per heavy atom. The van der Waals surface area contributed by atoms with E-state index < -0.39 is 0 Å². The van der Waals surface area contributed by atoms with Gasteiger partial charge in [-0.15, -0.1) is 16.4 Å². The van der Waals surface area contributed by atoms with Crippen molar-refractivity contribution in [3.8, 4) is 11.6 Å². The Hall–Kier alpha value is -1.69. The molecule has 0 aliphatic rings. The molecular weight excluding hydrogens is 395 g/mol. The van der Waals surface area contributed by atoms with E-state index in [4.69, 9.17) is 6.15 Å². The molecule has 3 heterocycles. The molecule has 0 saturated carbocycles. The van der Waals surface area contributed by atoms with Crippen LogP contribution < -0.4 is 10.4 Å². The summed E-state index contributed by atoms with van der Waals surface area (Å²) in [7, 11) is 1.54. The van der Waals surface area contributed by atoms with Crippen LogP contribution in [0.5, 0.6) is 5.88 Å². The number of halogens is 1. The fraction of sp³-hybridized carbons (Fsp3) is 0.200. The zero-order chi connectivity index (χ0) is 15.0. The molecule has 3 aromatic rings. The van der Waals surface area contributed by atoms with Crippen LogP contribution in [0.1, 0.15) is 5.56 Å². The third kappa shape index (κ3) is 2.35. The lowest BCUT2D eigenvalue weighted by atomic mass is 10.3. The molecule has 0 fully saturated rings. The fourth-order valence-corrected chi connectivity index (χ4v) is 3.14. The Morgan fingerprint density at radius 3 is 3.10 bits per heavy atom. The van der Waals surface area contributed by atoms with Crippen LogP contribution in [-0.4, -0.2) is 30.0 Å². The number of tetrazole rings is 1. The monoisotopic (exact) mass is 406 g/mol. The summed E-state index contributed by atoms with van der Waals surface area (Å²) < 4.78 is 16.2. The van der Waals surface area contributed by atoms with E-state index in [0.29, 0.717) is 11.6 Å². The lowest BCUT2D eigenvalue weighted by Gasteiger charge is -2.04. The maximum atomic E-state index is 11.9. The molecule has 20 heavy (non-hydrogen) atoms. The quantitative estimate of drug-likeness (QED) is 0.652.